The van der Waals surface area contributed by atoms with Crippen LogP contribution in [0.25, 0.3) is 0 Å². The maximum Gasteiger partial charge on any atom is 0.225 e. The van der Waals surface area contributed by atoms with Crippen LogP contribution >= 0.6 is 15.9 Å². The molecule has 0 aliphatic carbocycles. The number of fused-ring (bicyclic) bond motifs is 1. The maximum atomic E-state index is 12.9. The van der Waals surface area contributed by atoms with Gasteiger partial charge in [-0.2, -0.15) is 4.89 Å². The Labute approximate surface area is 155 Å². The zero-order chi connectivity index (χ0) is 18.3. The van der Waals surface area contributed by atoms with Crippen LogP contribution in [0, 0.1) is 0 Å². The van der Waals surface area contributed by atoms with Crippen LogP contribution in [-0.4, -0.2) is 21.3 Å². The lowest BCUT2D eigenvalue weighted by Crippen LogP contribution is -2.45. The molecule has 0 fully saturated rings. The van der Waals surface area contributed by atoms with E-state index < -0.39 is 21.2 Å². The Kier molecular flexibility index (Phi) is 4.81. The molecule has 0 saturated heterocycles. The molecule has 1 aliphatic heterocycles. The van der Waals surface area contributed by atoms with Crippen molar-refractivity contribution < 1.29 is 22.9 Å². The SMILES string of the molecule is CO[C@@]1(C)OO[C@](C)(CS(=O)(=O)c2ccc(Br)cc2)c2ccccc21. The quantitative estimate of drug-likeness (QED) is 0.693. The first-order valence-electron chi connectivity index (χ1n) is 7.70. The van der Waals surface area contributed by atoms with Crippen molar-refractivity contribution in [2.75, 3.05) is 12.9 Å². The van der Waals surface area contributed by atoms with Crippen LogP contribution < -0.4 is 0 Å². The summed E-state index contributed by atoms with van der Waals surface area (Å²) in [6.07, 6.45) is 0. The van der Waals surface area contributed by atoms with E-state index in [1.54, 1.807) is 38.1 Å². The highest BCUT2D eigenvalue weighted by Crippen LogP contribution is 2.43. The van der Waals surface area contributed by atoms with Crippen LogP contribution in [0.2, 0.25) is 0 Å². The van der Waals surface area contributed by atoms with E-state index in [0.29, 0.717) is 0 Å². The van der Waals surface area contributed by atoms with E-state index in [2.05, 4.69) is 15.9 Å². The van der Waals surface area contributed by atoms with Crippen molar-refractivity contribution in [3.63, 3.8) is 0 Å². The van der Waals surface area contributed by atoms with Crippen LogP contribution in [0.4, 0.5) is 0 Å². The molecule has 1 heterocycles. The molecular formula is C18H19BrO5S. The third-order valence-corrected chi connectivity index (χ3v) is 6.85. The van der Waals surface area contributed by atoms with Crippen molar-refractivity contribution in [3.05, 3.63) is 64.1 Å². The topological polar surface area (TPSA) is 61.8 Å². The third kappa shape index (κ3) is 3.39. The molecule has 0 saturated carbocycles. The summed E-state index contributed by atoms with van der Waals surface area (Å²) in [5.74, 6) is -1.34. The Morgan fingerprint density at radius 2 is 1.60 bits per heavy atom. The average molecular weight is 427 g/mol. The number of sulfone groups is 1. The van der Waals surface area contributed by atoms with E-state index in [0.717, 1.165) is 15.6 Å². The van der Waals surface area contributed by atoms with Crippen LogP contribution in [0.3, 0.4) is 0 Å². The van der Waals surface area contributed by atoms with Gasteiger partial charge in [0.25, 0.3) is 0 Å². The Morgan fingerprint density at radius 3 is 2.20 bits per heavy atom. The van der Waals surface area contributed by atoms with Gasteiger partial charge in [0.15, 0.2) is 9.84 Å². The first kappa shape index (κ1) is 18.5. The summed E-state index contributed by atoms with van der Waals surface area (Å²) in [5, 5.41) is 0. The monoisotopic (exact) mass is 426 g/mol. The lowest BCUT2D eigenvalue weighted by Gasteiger charge is -2.42. The lowest BCUT2D eigenvalue weighted by atomic mass is 9.88. The number of halogens is 1. The molecule has 3 rings (SSSR count). The molecule has 2 atom stereocenters. The third-order valence-electron chi connectivity index (χ3n) is 4.40. The zero-order valence-corrected chi connectivity index (χ0v) is 16.6. The molecule has 0 amide bonds. The summed E-state index contributed by atoms with van der Waals surface area (Å²) < 4.78 is 32.0. The first-order chi connectivity index (χ1) is 11.7. The lowest BCUT2D eigenvalue weighted by molar-refractivity contribution is -0.475. The summed E-state index contributed by atoms with van der Waals surface area (Å²) >= 11 is 3.31. The summed E-state index contributed by atoms with van der Waals surface area (Å²) in [7, 11) is -2.07. The number of methoxy groups -OCH3 is 1. The second kappa shape index (κ2) is 6.48. The molecule has 2 aromatic rings. The zero-order valence-electron chi connectivity index (χ0n) is 14.2. The molecule has 2 aromatic carbocycles. The molecular weight excluding hydrogens is 408 g/mol. The van der Waals surface area contributed by atoms with Gasteiger partial charge in [-0.1, -0.05) is 40.2 Å². The largest absolute Gasteiger partial charge is 0.347 e. The van der Waals surface area contributed by atoms with Crippen LogP contribution in [0.5, 0.6) is 0 Å². The van der Waals surface area contributed by atoms with Gasteiger partial charge in [-0.05, 0) is 43.7 Å². The maximum absolute atomic E-state index is 12.9. The van der Waals surface area contributed by atoms with Crippen molar-refractivity contribution in [1.82, 2.24) is 0 Å². The smallest absolute Gasteiger partial charge is 0.225 e. The molecule has 0 radical (unpaired) electrons. The normalized spacial score (nSPS) is 26.2. The van der Waals surface area contributed by atoms with Gasteiger partial charge in [0.2, 0.25) is 5.79 Å². The fourth-order valence-corrected chi connectivity index (χ4v) is 4.85. The van der Waals surface area contributed by atoms with Crippen molar-refractivity contribution in [2.45, 2.75) is 30.1 Å². The van der Waals surface area contributed by atoms with Crippen molar-refractivity contribution in [1.29, 1.82) is 0 Å². The van der Waals surface area contributed by atoms with Crippen molar-refractivity contribution in [3.8, 4) is 0 Å². The number of hydrogen-bond acceptors (Lipinski definition) is 5. The van der Waals surface area contributed by atoms with E-state index >= 15 is 0 Å². The standard InChI is InChI=1S/C18H19BrO5S/c1-17(12-25(20,21)14-10-8-13(19)9-11-14)15-6-4-5-7-16(15)18(2,22-3)24-23-17/h4-11H,12H2,1-3H3/t17-,18+/m1/s1. The van der Waals surface area contributed by atoms with Gasteiger partial charge < -0.3 is 4.74 Å². The van der Waals surface area contributed by atoms with Gasteiger partial charge >= 0.3 is 0 Å². The highest BCUT2D eigenvalue weighted by Gasteiger charge is 2.47. The molecule has 25 heavy (non-hydrogen) atoms. The van der Waals surface area contributed by atoms with Crippen LogP contribution in [-0.2, 0) is 35.7 Å². The Morgan fingerprint density at radius 1 is 1.00 bits per heavy atom. The molecule has 1 aliphatic rings. The summed E-state index contributed by atoms with van der Waals surface area (Å²) in [6, 6.07) is 13.9. The van der Waals surface area contributed by atoms with Crippen LogP contribution in [0.15, 0.2) is 57.9 Å². The van der Waals surface area contributed by atoms with Crippen molar-refractivity contribution >= 4 is 25.8 Å². The van der Waals surface area contributed by atoms with E-state index in [1.165, 1.54) is 7.11 Å². The first-order valence-corrected chi connectivity index (χ1v) is 10.1. The van der Waals surface area contributed by atoms with Gasteiger partial charge in [0.05, 0.1) is 10.6 Å². The minimum Gasteiger partial charge on any atom is -0.347 e. The van der Waals surface area contributed by atoms with E-state index in [4.69, 9.17) is 14.5 Å². The predicted molar refractivity (Wildman–Crippen MR) is 96.5 cm³/mol. The average Bonchev–Trinajstić information content (AvgIpc) is 2.59. The van der Waals surface area contributed by atoms with Gasteiger partial charge in [-0.3, -0.25) is 0 Å². The Hall–Kier alpha value is -1.25. The highest BCUT2D eigenvalue weighted by atomic mass is 79.9. The fourth-order valence-electron chi connectivity index (χ4n) is 2.94. The molecule has 7 heteroatoms. The van der Waals surface area contributed by atoms with Crippen LogP contribution in [0.1, 0.15) is 25.0 Å². The second-order valence-corrected chi connectivity index (χ2v) is 9.21. The van der Waals surface area contributed by atoms with Gasteiger partial charge in [-0.25, -0.2) is 13.3 Å². The number of hydrogen-bond donors (Lipinski definition) is 0. The van der Waals surface area contributed by atoms with Gasteiger partial charge in [0.1, 0.15) is 5.60 Å². The van der Waals surface area contributed by atoms with E-state index in [-0.39, 0.29) is 10.6 Å². The summed E-state index contributed by atoms with van der Waals surface area (Å²) in [4.78, 5) is 11.3. The minimum atomic E-state index is -3.59. The molecule has 0 aromatic heterocycles. The Balaban J connectivity index is 2.02. The molecule has 134 valence electrons. The molecule has 0 unspecified atom stereocenters. The molecule has 5 nitrogen and oxygen atoms in total. The fraction of sp³-hybridized carbons (Fsp3) is 0.333. The number of benzene rings is 2. The molecule has 0 spiro atoms. The molecule has 0 bridgehead atoms. The van der Waals surface area contributed by atoms with Gasteiger partial charge in [-0.15, -0.1) is 0 Å². The molecule has 0 N–H and O–H groups in total. The number of ether oxygens (including phenoxy) is 1. The predicted octanol–water partition coefficient (Wildman–Crippen LogP) is 3.92. The number of rotatable bonds is 4. The Bertz CT molecular complexity index is 881. The summed E-state index contributed by atoms with van der Waals surface area (Å²) in [6.45, 7) is 3.44. The second-order valence-electron chi connectivity index (χ2n) is 6.31. The minimum absolute atomic E-state index is 0.234. The van der Waals surface area contributed by atoms with Gasteiger partial charge in [0, 0.05) is 17.1 Å². The summed E-state index contributed by atoms with van der Waals surface area (Å²) in [5.41, 5.74) is 0.323. The van der Waals surface area contributed by atoms with E-state index in [9.17, 15) is 8.42 Å². The van der Waals surface area contributed by atoms with Crippen molar-refractivity contribution in [2.24, 2.45) is 0 Å². The van der Waals surface area contributed by atoms with E-state index in [1.807, 2.05) is 24.3 Å². The highest BCUT2D eigenvalue weighted by molar-refractivity contribution is 9.10.